The second-order valence-electron chi connectivity index (χ2n) is 6.51. The molecular weight excluding hydrogens is 373 g/mol. The highest BCUT2D eigenvalue weighted by atomic mass is 19.2. The van der Waals surface area contributed by atoms with Gasteiger partial charge in [0, 0.05) is 24.7 Å². The molecule has 0 bridgehead atoms. The first-order valence-electron chi connectivity index (χ1n) is 8.69. The maximum absolute atomic E-state index is 13.8. The zero-order chi connectivity index (χ0) is 20.4. The number of likely N-dealkylation sites (tertiary alicyclic amines) is 1. The van der Waals surface area contributed by atoms with Gasteiger partial charge in [0.05, 0.1) is 22.2 Å². The third-order valence-corrected chi connectivity index (χ3v) is 4.93. The fourth-order valence-corrected chi connectivity index (χ4v) is 3.62. The van der Waals surface area contributed by atoms with Crippen LogP contribution < -0.4 is 5.32 Å². The van der Waals surface area contributed by atoms with Crippen LogP contribution in [-0.2, 0) is 0 Å². The Labute approximate surface area is 159 Å². The lowest BCUT2D eigenvalue weighted by Crippen LogP contribution is -2.31. The molecule has 0 saturated carbocycles. The van der Waals surface area contributed by atoms with Crippen molar-refractivity contribution in [1.29, 1.82) is 5.26 Å². The lowest BCUT2D eigenvalue weighted by Gasteiger charge is -2.29. The average Bonchev–Trinajstić information content (AvgIpc) is 3.08. The van der Waals surface area contributed by atoms with E-state index in [-0.39, 0.29) is 22.9 Å². The monoisotopic (exact) mass is 390 g/mol. The zero-order valence-electron chi connectivity index (χ0n) is 15.0. The quantitative estimate of drug-likeness (QED) is 0.472. The number of anilines is 1. The van der Waals surface area contributed by atoms with Crippen molar-refractivity contribution in [3.8, 4) is 6.07 Å². The molecule has 1 saturated heterocycles. The lowest BCUT2D eigenvalue weighted by molar-refractivity contribution is -0.384. The molecule has 6 nitrogen and oxygen atoms in total. The SMILES string of the molecule is CCN1CCC(Nc2ccc([N+](=O)[O-])cc2C#N)C1c1cc(F)c(F)c(F)c1. The van der Waals surface area contributed by atoms with Crippen LogP contribution in [-0.4, -0.2) is 29.0 Å². The van der Waals surface area contributed by atoms with Crippen molar-refractivity contribution in [2.75, 3.05) is 18.4 Å². The van der Waals surface area contributed by atoms with Crippen LogP contribution >= 0.6 is 0 Å². The van der Waals surface area contributed by atoms with Crippen LogP contribution in [0.1, 0.15) is 30.5 Å². The number of nitro benzene ring substituents is 1. The van der Waals surface area contributed by atoms with E-state index >= 15 is 0 Å². The molecule has 28 heavy (non-hydrogen) atoms. The molecule has 1 fully saturated rings. The first-order chi connectivity index (χ1) is 13.3. The Morgan fingerprint density at radius 2 is 1.96 bits per heavy atom. The highest BCUT2D eigenvalue weighted by molar-refractivity contribution is 5.62. The molecule has 0 aromatic heterocycles. The molecule has 146 valence electrons. The van der Waals surface area contributed by atoms with Crippen LogP contribution in [0.15, 0.2) is 30.3 Å². The number of nitrogens with zero attached hydrogens (tertiary/aromatic N) is 3. The normalized spacial score (nSPS) is 19.4. The molecule has 1 aliphatic rings. The number of hydrogen-bond donors (Lipinski definition) is 1. The highest BCUT2D eigenvalue weighted by Gasteiger charge is 2.36. The van der Waals surface area contributed by atoms with Gasteiger partial charge in [0.15, 0.2) is 17.5 Å². The third kappa shape index (κ3) is 3.64. The molecule has 2 aromatic carbocycles. The van der Waals surface area contributed by atoms with E-state index in [0.29, 0.717) is 25.2 Å². The largest absolute Gasteiger partial charge is 0.379 e. The average molecular weight is 390 g/mol. The number of non-ortho nitro benzene ring substituents is 1. The number of nitriles is 1. The second-order valence-corrected chi connectivity index (χ2v) is 6.51. The predicted molar refractivity (Wildman–Crippen MR) is 96.1 cm³/mol. The summed E-state index contributed by atoms with van der Waals surface area (Å²) in [5.41, 5.74) is 0.570. The molecule has 3 rings (SSSR count). The van der Waals surface area contributed by atoms with E-state index in [2.05, 4.69) is 5.32 Å². The van der Waals surface area contributed by atoms with Crippen molar-refractivity contribution in [2.45, 2.75) is 25.4 Å². The predicted octanol–water partition coefficient (Wildman–Crippen LogP) is 4.13. The van der Waals surface area contributed by atoms with Gasteiger partial charge in [-0.2, -0.15) is 5.26 Å². The molecule has 0 aliphatic carbocycles. The molecule has 0 amide bonds. The molecule has 2 unspecified atom stereocenters. The summed E-state index contributed by atoms with van der Waals surface area (Å²) < 4.78 is 40.9. The van der Waals surface area contributed by atoms with Gasteiger partial charge in [-0.15, -0.1) is 0 Å². The molecular formula is C19H17F3N4O2. The Kier molecular flexibility index (Phi) is 5.51. The summed E-state index contributed by atoms with van der Waals surface area (Å²) in [6.45, 7) is 3.14. The van der Waals surface area contributed by atoms with Crippen LogP contribution in [0.2, 0.25) is 0 Å². The van der Waals surface area contributed by atoms with E-state index in [0.717, 1.165) is 12.1 Å². The Hall–Kier alpha value is -3.12. The van der Waals surface area contributed by atoms with E-state index < -0.39 is 28.4 Å². The molecule has 2 aromatic rings. The Morgan fingerprint density at radius 1 is 1.29 bits per heavy atom. The van der Waals surface area contributed by atoms with Gasteiger partial charge < -0.3 is 5.32 Å². The molecule has 1 aliphatic heterocycles. The summed E-state index contributed by atoms with van der Waals surface area (Å²) in [5, 5.41) is 23.4. The maximum atomic E-state index is 13.8. The second kappa shape index (κ2) is 7.86. The number of benzene rings is 2. The van der Waals surface area contributed by atoms with E-state index in [1.54, 1.807) is 0 Å². The first kappa shape index (κ1) is 19.6. The van der Waals surface area contributed by atoms with Crippen molar-refractivity contribution in [1.82, 2.24) is 4.90 Å². The van der Waals surface area contributed by atoms with Gasteiger partial charge in [0.1, 0.15) is 6.07 Å². The molecule has 1 N–H and O–H groups in total. The van der Waals surface area contributed by atoms with Crippen LogP contribution in [0.3, 0.4) is 0 Å². The summed E-state index contributed by atoms with van der Waals surface area (Å²) in [6, 6.07) is 6.99. The number of nitrogens with one attached hydrogen (secondary N) is 1. The molecule has 0 radical (unpaired) electrons. The highest BCUT2D eigenvalue weighted by Crippen LogP contribution is 2.36. The third-order valence-electron chi connectivity index (χ3n) is 4.93. The van der Waals surface area contributed by atoms with Gasteiger partial charge >= 0.3 is 0 Å². The topological polar surface area (TPSA) is 82.2 Å². The summed E-state index contributed by atoms with van der Waals surface area (Å²) >= 11 is 0. The zero-order valence-corrected chi connectivity index (χ0v) is 15.0. The minimum Gasteiger partial charge on any atom is -0.379 e. The summed E-state index contributed by atoms with van der Waals surface area (Å²) in [7, 11) is 0. The van der Waals surface area contributed by atoms with E-state index in [1.165, 1.54) is 18.2 Å². The van der Waals surface area contributed by atoms with Gasteiger partial charge in [-0.1, -0.05) is 6.92 Å². The Morgan fingerprint density at radius 3 is 2.54 bits per heavy atom. The van der Waals surface area contributed by atoms with E-state index in [9.17, 15) is 28.5 Å². The van der Waals surface area contributed by atoms with E-state index in [1.807, 2.05) is 17.9 Å². The summed E-state index contributed by atoms with van der Waals surface area (Å²) in [5.74, 6) is -4.04. The molecule has 0 spiro atoms. The van der Waals surface area contributed by atoms with Crippen molar-refractivity contribution in [3.63, 3.8) is 0 Å². The van der Waals surface area contributed by atoms with Crippen LogP contribution in [0.4, 0.5) is 24.5 Å². The Balaban J connectivity index is 1.95. The van der Waals surface area contributed by atoms with Crippen molar-refractivity contribution >= 4 is 11.4 Å². The lowest BCUT2D eigenvalue weighted by atomic mass is 9.98. The smallest absolute Gasteiger partial charge is 0.270 e. The van der Waals surface area contributed by atoms with Gasteiger partial charge in [0.2, 0.25) is 0 Å². The Bertz CT molecular complexity index is 938. The maximum Gasteiger partial charge on any atom is 0.270 e. The molecule has 9 heteroatoms. The summed E-state index contributed by atoms with van der Waals surface area (Å²) in [6.07, 6.45) is 0.612. The number of likely N-dealkylation sites (N-methyl/N-ethyl adjacent to an activating group) is 1. The number of hydrogen-bond acceptors (Lipinski definition) is 5. The first-order valence-corrected chi connectivity index (χ1v) is 8.69. The van der Waals surface area contributed by atoms with Crippen molar-refractivity contribution < 1.29 is 18.1 Å². The standard InChI is InChI=1S/C19H17F3N4O2/c1-2-25-6-5-17(19(25)11-8-14(20)18(22)15(21)9-11)24-16-4-3-13(26(27)28)7-12(16)10-23/h3-4,7-9,17,19,24H,2,5-6H2,1H3. The number of nitro groups is 1. The van der Waals surface area contributed by atoms with Crippen molar-refractivity contribution in [2.24, 2.45) is 0 Å². The van der Waals surface area contributed by atoms with Gasteiger partial charge in [0.25, 0.3) is 5.69 Å². The fraction of sp³-hybridized carbons (Fsp3) is 0.316. The van der Waals surface area contributed by atoms with Crippen molar-refractivity contribution in [3.05, 3.63) is 69.0 Å². The van der Waals surface area contributed by atoms with E-state index in [4.69, 9.17) is 0 Å². The molecule has 2 atom stereocenters. The molecule has 1 heterocycles. The van der Waals surface area contributed by atoms with Gasteiger partial charge in [-0.05, 0) is 36.7 Å². The minimum atomic E-state index is -1.52. The minimum absolute atomic E-state index is 0.0966. The van der Waals surface area contributed by atoms with Gasteiger partial charge in [-0.3, -0.25) is 15.0 Å². The number of rotatable bonds is 5. The number of halogens is 3. The van der Waals surface area contributed by atoms with Crippen LogP contribution in [0, 0.1) is 38.9 Å². The fourth-order valence-electron chi connectivity index (χ4n) is 3.62. The van der Waals surface area contributed by atoms with Crippen LogP contribution in [0.25, 0.3) is 0 Å². The van der Waals surface area contributed by atoms with Gasteiger partial charge in [-0.25, -0.2) is 13.2 Å². The summed E-state index contributed by atoms with van der Waals surface area (Å²) in [4.78, 5) is 12.3. The van der Waals surface area contributed by atoms with Crippen LogP contribution in [0.5, 0.6) is 0 Å².